The third kappa shape index (κ3) is 47.3. The predicted octanol–water partition coefficient (Wildman–Crippen LogP) is 21.4. The van der Waals surface area contributed by atoms with Gasteiger partial charge >= 0.3 is 0 Å². The molecule has 0 unspecified atom stereocenters. The van der Waals surface area contributed by atoms with E-state index in [0.29, 0.717) is 0 Å². The molecule has 0 atom stereocenters. The molecule has 0 spiro atoms. The summed E-state index contributed by atoms with van der Waals surface area (Å²) in [7, 11) is 0. The topological polar surface area (TPSA) is 0 Å². The van der Waals surface area contributed by atoms with Crippen LogP contribution in [0.25, 0.3) is 0 Å². The number of rotatable bonds is 54. The molecule has 0 saturated carbocycles. The van der Waals surface area contributed by atoms with Crippen molar-refractivity contribution in [3.8, 4) is 0 Å². The van der Waals surface area contributed by atoms with Crippen LogP contribution in [0.15, 0.2) is 0 Å². The molecule has 59 heavy (non-hydrogen) atoms. The van der Waals surface area contributed by atoms with Crippen molar-refractivity contribution in [2.75, 3.05) is 26.2 Å². The Morgan fingerprint density at radius 1 is 0.136 bits per heavy atom. The molecule has 0 rings (SSSR count). The highest BCUT2D eigenvalue weighted by molar-refractivity contribution is 4.57. The number of hydrogen-bond acceptors (Lipinski definition) is 0. The van der Waals surface area contributed by atoms with E-state index in [2.05, 4.69) is 27.7 Å². The Balaban J connectivity index is 4.82. The Labute approximate surface area is 378 Å². The summed E-state index contributed by atoms with van der Waals surface area (Å²) in [6, 6.07) is 0. The Kier molecular flexibility index (Phi) is 52.3. The fraction of sp³-hybridized carbons (Fsp3) is 1.00. The van der Waals surface area contributed by atoms with Crippen molar-refractivity contribution in [3.63, 3.8) is 0 Å². The van der Waals surface area contributed by atoms with E-state index in [4.69, 9.17) is 0 Å². The molecule has 0 heterocycles. The van der Waals surface area contributed by atoms with Gasteiger partial charge in [-0.3, -0.25) is 0 Å². The molecule has 356 valence electrons. The summed E-state index contributed by atoms with van der Waals surface area (Å²) in [5.41, 5.74) is 0. The maximum atomic E-state index is 2.35. The average molecular weight is 832 g/mol. The third-order valence-corrected chi connectivity index (χ3v) is 14.4. The van der Waals surface area contributed by atoms with Crippen LogP contribution < -0.4 is 0 Å². The monoisotopic (exact) mass is 831 g/mol. The first-order valence-electron chi connectivity index (χ1n) is 29.1. The van der Waals surface area contributed by atoms with Crippen molar-refractivity contribution in [1.82, 2.24) is 0 Å². The van der Waals surface area contributed by atoms with E-state index in [1.165, 1.54) is 352 Å². The van der Waals surface area contributed by atoms with E-state index in [1.807, 2.05) is 0 Å². The van der Waals surface area contributed by atoms with Crippen LogP contribution in [0.1, 0.15) is 349 Å². The Hall–Kier alpha value is -0.0400. The predicted molar refractivity (Wildman–Crippen MR) is 273 cm³/mol. The Bertz CT molecular complexity index is 635. The average Bonchev–Trinajstić information content (AvgIpc) is 3.25. The maximum Gasteiger partial charge on any atom is 0.0786 e. The molecule has 0 aromatic heterocycles. The fourth-order valence-corrected chi connectivity index (χ4v) is 10.2. The Morgan fingerprint density at radius 3 is 0.356 bits per heavy atom. The minimum atomic E-state index is 1.37. The minimum Gasteiger partial charge on any atom is -0.324 e. The van der Waals surface area contributed by atoms with Crippen LogP contribution in [0.3, 0.4) is 0 Å². The molecule has 0 saturated heterocycles. The van der Waals surface area contributed by atoms with E-state index in [0.717, 1.165) is 0 Å². The molecule has 0 aliphatic heterocycles. The molecule has 0 aliphatic carbocycles. The van der Waals surface area contributed by atoms with Gasteiger partial charge in [0.1, 0.15) is 0 Å². The second kappa shape index (κ2) is 52.3. The van der Waals surface area contributed by atoms with E-state index >= 15 is 0 Å². The summed E-state index contributed by atoms with van der Waals surface area (Å²) in [4.78, 5) is 0. The molecule has 0 N–H and O–H groups in total. The van der Waals surface area contributed by atoms with Gasteiger partial charge in [-0.1, -0.05) is 297 Å². The van der Waals surface area contributed by atoms with E-state index in [9.17, 15) is 0 Å². The number of nitrogens with zero attached hydrogens (tertiary/aromatic N) is 1. The lowest BCUT2D eigenvalue weighted by Gasteiger charge is -2.40. The quantitative estimate of drug-likeness (QED) is 0.0423. The van der Waals surface area contributed by atoms with E-state index in [1.54, 1.807) is 0 Å². The van der Waals surface area contributed by atoms with E-state index in [-0.39, 0.29) is 0 Å². The van der Waals surface area contributed by atoms with Gasteiger partial charge in [-0.15, -0.1) is 0 Å². The lowest BCUT2D eigenvalue weighted by molar-refractivity contribution is -0.929. The van der Waals surface area contributed by atoms with Crippen molar-refractivity contribution in [2.24, 2.45) is 0 Å². The minimum absolute atomic E-state index is 1.37. The van der Waals surface area contributed by atoms with Crippen molar-refractivity contribution >= 4 is 0 Å². The number of quaternary nitrogens is 1. The number of hydrogen-bond donors (Lipinski definition) is 0. The van der Waals surface area contributed by atoms with E-state index < -0.39 is 0 Å². The molecule has 0 aromatic carbocycles. The summed E-state index contributed by atoms with van der Waals surface area (Å²) in [6.45, 7) is 15.3. The highest BCUT2D eigenvalue weighted by atomic mass is 15.3. The molecule has 1 heteroatoms. The van der Waals surface area contributed by atoms with Crippen LogP contribution in [-0.2, 0) is 0 Å². The van der Waals surface area contributed by atoms with Crippen LogP contribution in [0, 0.1) is 0 Å². The highest BCUT2D eigenvalue weighted by Crippen LogP contribution is 2.22. The van der Waals surface area contributed by atoms with Gasteiger partial charge in [0.05, 0.1) is 26.2 Å². The second-order valence-corrected chi connectivity index (χ2v) is 20.5. The van der Waals surface area contributed by atoms with Gasteiger partial charge in [0.25, 0.3) is 0 Å². The lowest BCUT2D eigenvalue weighted by atomic mass is 10.0. The van der Waals surface area contributed by atoms with Crippen molar-refractivity contribution in [2.45, 2.75) is 349 Å². The standard InChI is InChI=1S/C58H120N/c1-5-9-13-17-21-25-28-31-34-37-40-44-48-52-56-59(55-51-47-43-24-20-16-12-8-4,57-53-49-45-41-38-35-32-29-26-22-18-14-10-6-2)58-54-50-46-42-39-36-33-30-27-23-19-15-11-7-3/h5-58H2,1-4H3/q+1. The SMILES string of the molecule is CCCCCCCCCCCCCCCC[N+](CCCCCCCCCC)(CCCCCCCCCCCCCCCC)CCCCCCCCCCCCCCCC. The van der Waals surface area contributed by atoms with Gasteiger partial charge in [0.15, 0.2) is 0 Å². The molecule has 0 radical (unpaired) electrons. The third-order valence-electron chi connectivity index (χ3n) is 14.4. The molecule has 0 aromatic rings. The Morgan fingerprint density at radius 2 is 0.237 bits per heavy atom. The van der Waals surface area contributed by atoms with Gasteiger partial charge in [0, 0.05) is 0 Å². The smallest absolute Gasteiger partial charge is 0.0786 e. The van der Waals surface area contributed by atoms with Gasteiger partial charge in [-0.2, -0.15) is 0 Å². The summed E-state index contributed by atoms with van der Waals surface area (Å²) in [5, 5.41) is 0. The maximum absolute atomic E-state index is 2.35. The number of unbranched alkanes of at least 4 members (excludes halogenated alkanes) is 46. The molecule has 0 aliphatic rings. The molecule has 0 fully saturated rings. The molecular weight excluding hydrogens is 711 g/mol. The van der Waals surface area contributed by atoms with Gasteiger partial charge in [-0.05, 0) is 51.4 Å². The zero-order valence-corrected chi connectivity index (χ0v) is 42.6. The van der Waals surface area contributed by atoms with Gasteiger partial charge in [-0.25, -0.2) is 0 Å². The van der Waals surface area contributed by atoms with Crippen molar-refractivity contribution in [3.05, 3.63) is 0 Å². The molecule has 0 amide bonds. The lowest BCUT2D eigenvalue weighted by Crippen LogP contribution is -2.50. The summed E-state index contributed by atoms with van der Waals surface area (Å²) in [6.07, 6.45) is 73.7. The van der Waals surface area contributed by atoms with Crippen LogP contribution >= 0.6 is 0 Å². The van der Waals surface area contributed by atoms with Crippen LogP contribution in [0.2, 0.25) is 0 Å². The van der Waals surface area contributed by atoms with Crippen LogP contribution in [-0.4, -0.2) is 30.7 Å². The van der Waals surface area contributed by atoms with Gasteiger partial charge < -0.3 is 4.48 Å². The molecular formula is C58H120N+. The zero-order valence-electron chi connectivity index (χ0n) is 42.6. The van der Waals surface area contributed by atoms with Gasteiger partial charge in [0.2, 0.25) is 0 Å². The van der Waals surface area contributed by atoms with Crippen molar-refractivity contribution < 1.29 is 4.48 Å². The highest BCUT2D eigenvalue weighted by Gasteiger charge is 2.25. The molecule has 0 bridgehead atoms. The largest absolute Gasteiger partial charge is 0.324 e. The first-order chi connectivity index (χ1) is 29.2. The summed E-state index contributed by atoms with van der Waals surface area (Å²) < 4.78 is 1.49. The first kappa shape index (κ1) is 59.0. The van der Waals surface area contributed by atoms with Crippen LogP contribution in [0.4, 0.5) is 0 Å². The van der Waals surface area contributed by atoms with Crippen molar-refractivity contribution in [1.29, 1.82) is 0 Å². The first-order valence-corrected chi connectivity index (χ1v) is 29.1. The fourth-order valence-electron chi connectivity index (χ4n) is 10.2. The second-order valence-electron chi connectivity index (χ2n) is 20.5. The molecule has 1 nitrogen and oxygen atoms in total. The zero-order chi connectivity index (χ0) is 42.7. The summed E-state index contributed by atoms with van der Waals surface area (Å²) in [5.74, 6) is 0. The normalized spacial score (nSPS) is 12.0. The van der Waals surface area contributed by atoms with Crippen LogP contribution in [0.5, 0.6) is 0 Å². The summed E-state index contributed by atoms with van der Waals surface area (Å²) >= 11 is 0.